The Labute approximate surface area is 128 Å². The largest absolute Gasteiger partial charge is 0.381 e. The Morgan fingerprint density at radius 1 is 1.24 bits per heavy atom. The molecule has 0 radical (unpaired) electrons. The molecule has 1 aliphatic carbocycles. The first kappa shape index (κ1) is 15.0. The fourth-order valence-electron chi connectivity index (χ4n) is 3.16. The Balaban J connectivity index is 1.47. The van der Waals surface area contributed by atoms with Crippen LogP contribution < -0.4 is 5.32 Å². The molecule has 1 atom stereocenters. The van der Waals surface area contributed by atoms with E-state index in [0.717, 1.165) is 38.9 Å². The van der Waals surface area contributed by atoms with E-state index in [4.69, 9.17) is 4.74 Å². The predicted molar refractivity (Wildman–Crippen MR) is 86.2 cm³/mol. The summed E-state index contributed by atoms with van der Waals surface area (Å²) >= 11 is 0. The highest BCUT2D eigenvalue weighted by molar-refractivity contribution is 5.23. The van der Waals surface area contributed by atoms with E-state index in [2.05, 4.69) is 41.5 Å². The highest BCUT2D eigenvalue weighted by Gasteiger charge is 2.20. The molecule has 0 aromatic heterocycles. The summed E-state index contributed by atoms with van der Waals surface area (Å²) in [7, 11) is 2.23. The molecule has 1 heterocycles. The Hall–Kier alpha value is -0.900. The van der Waals surface area contributed by atoms with Gasteiger partial charge in [-0.3, -0.25) is 0 Å². The lowest BCUT2D eigenvalue weighted by atomic mass is 10.0. The third-order valence-corrected chi connectivity index (χ3v) is 4.44. The zero-order chi connectivity index (χ0) is 14.5. The molecule has 2 fully saturated rings. The molecule has 0 bridgehead atoms. The van der Waals surface area contributed by atoms with Gasteiger partial charge in [-0.25, -0.2) is 0 Å². The van der Waals surface area contributed by atoms with Crippen LogP contribution in [-0.2, 0) is 17.8 Å². The summed E-state index contributed by atoms with van der Waals surface area (Å²) in [6.07, 6.45) is 5.24. The van der Waals surface area contributed by atoms with Crippen LogP contribution in [0.15, 0.2) is 24.3 Å². The van der Waals surface area contributed by atoms with Crippen LogP contribution in [0.25, 0.3) is 0 Å². The standard InChI is InChI=1S/C18H28N2O/c1-20(13-17-6-3-9-21-14-17)12-16-5-2-4-15(10-16)11-19-18-7-8-18/h2,4-5,10,17-19H,3,6-9,11-14H2,1H3. The average molecular weight is 288 g/mol. The smallest absolute Gasteiger partial charge is 0.0506 e. The number of nitrogens with zero attached hydrogens (tertiary/aromatic N) is 1. The summed E-state index contributed by atoms with van der Waals surface area (Å²) in [5, 5.41) is 3.59. The zero-order valence-electron chi connectivity index (χ0n) is 13.2. The monoisotopic (exact) mass is 288 g/mol. The highest BCUT2D eigenvalue weighted by Crippen LogP contribution is 2.20. The van der Waals surface area contributed by atoms with Crippen LogP contribution in [0, 0.1) is 5.92 Å². The van der Waals surface area contributed by atoms with Gasteiger partial charge in [-0.2, -0.15) is 0 Å². The molecule has 3 rings (SSSR count). The molecule has 1 saturated carbocycles. The summed E-state index contributed by atoms with van der Waals surface area (Å²) in [5.74, 6) is 0.712. The van der Waals surface area contributed by atoms with Gasteiger partial charge in [-0.1, -0.05) is 24.3 Å². The van der Waals surface area contributed by atoms with E-state index in [-0.39, 0.29) is 0 Å². The Morgan fingerprint density at radius 2 is 2.10 bits per heavy atom. The second-order valence-corrected chi connectivity index (χ2v) is 6.76. The van der Waals surface area contributed by atoms with Gasteiger partial charge in [-0.15, -0.1) is 0 Å². The van der Waals surface area contributed by atoms with E-state index in [9.17, 15) is 0 Å². The van der Waals surface area contributed by atoms with Crippen molar-refractivity contribution < 1.29 is 4.74 Å². The van der Waals surface area contributed by atoms with Crippen molar-refractivity contribution in [1.29, 1.82) is 0 Å². The molecule has 1 saturated heterocycles. The molecule has 0 spiro atoms. The summed E-state index contributed by atoms with van der Waals surface area (Å²) in [6.45, 7) is 5.09. The topological polar surface area (TPSA) is 24.5 Å². The molecule has 21 heavy (non-hydrogen) atoms. The quantitative estimate of drug-likeness (QED) is 0.835. The number of rotatable bonds is 7. The summed E-state index contributed by atoms with van der Waals surface area (Å²) in [5.41, 5.74) is 2.83. The summed E-state index contributed by atoms with van der Waals surface area (Å²) in [6, 6.07) is 9.80. The molecule has 1 unspecified atom stereocenters. The average Bonchev–Trinajstić information content (AvgIpc) is 3.31. The third-order valence-electron chi connectivity index (χ3n) is 4.44. The van der Waals surface area contributed by atoms with E-state index in [1.807, 2.05) is 0 Å². The van der Waals surface area contributed by atoms with E-state index in [1.54, 1.807) is 0 Å². The molecule has 116 valence electrons. The van der Waals surface area contributed by atoms with Gasteiger partial charge in [0.05, 0.1) is 6.61 Å². The molecular formula is C18H28N2O. The van der Waals surface area contributed by atoms with Crippen LogP contribution in [0.2, 0.25) is 0 Å². The number of hydrogen-bond acceptors (Lipinski definition) is 3. The molecule has 1 aromatic carbocycles. The third kappa shape index (κ3) is 5.10. The van der Waals surface area contributed by atoms with E-state index >= 15 is 0 Å². The number of ether oxygens (including phenoxy) is 1. The second-order valence-electron chi connectivity index (χ2n) is 6.76. The molecule has 2 aliphatic rings. The molecule has 1 N–H and O–H groups in total. The van der Waals surface area contributed by atoms with Gasteiger partial charge in [0, 0.05) is 32.3 Å². The molecule has 1 aromatic rings. The SMILES string of the molecule is CN(Cc1cccc(CNC2CC2)c1)CC1CCCOC1. The van der Waals surface area contributed by atoms with Crippen molar-refractivity contribution in [3.63, 3.8) is 0 Å². The van der Waals surface area contributed by atoms with E-state index < -0.39 is 0 Å². The van der Waals surface area contributed by atoms with Crippen molar-refractivity contribution in [3.05, 3.63) is 35.4 Å². The van der Waals surface area contributed by atoms with E-state index in [1.165, 1.54) is 36.8 Å². The number of nitrogens with one attached hydrogen (secondary N) is 1. The van der Waals surface area contributed by atoms with Gasteiger partial charge >= 0.3 is 0 Å². The maximum atomic E-state index is 5.58. The van der Waals surface area contributed by atoms with E-state index in [0.29, 0.717) is 5.92 Å². The number of hydrogen-bond donors (Lipinski definition) is 1. The van der Waals surface area contributed by atoms with Gasteiger partial charge in [-0.05, 0) is 49.8 Å². The van der Waals surface area contributed by atoms with Crippen LogP contribution in [0.4, 0.5) is 0 Å². The lowest BCUT2D eigenvalue weighted by Crippen LogP contribution is -2.30. The van der Waals surface area contributed by atoms with Crippen LogP contribution in [0.1, 0.15) is 36.8 Å². The number of benzene rings is 1. The van der Waals surface area contributed by atoms with Crippen LogP contribution in [0.3, 0.4) is 0 Å². The van der Waals surface area contributed by atoms with Gasteiger partial charge in [0.1, 0.15) is 0 Å². The Morgan fingerprint density at radius 3 is 2.86 bits per heavy atom. The fraction of sp³-hybridized carbons (Fsp3) is 0.667. The van der Waals surface area contributed by atoms with Crippen LogP contribution >= 0.6 is 0 Å². The summed E-state index contributed by atoms with van der Waals surface area (Å²) in [4.78, 5) is 2.44. The van der Waals surface area contributed by atoms with Crippen LogP contribution in [0.5, 0.6) is 0 Å². The molecule has 1 aliphatic heterocycles. The zero-order valence-corrected chi connectivity index (χ0v) is 13.2. The van der Waals surface area contributed by atoms with Crippen molar-refractivity contribution in [2.24, 2.45) is 5.92 Å². The van der Waals surface area contributed by atoms with Crippen molar-refractivity contribution >= 4 is 0 Å². The molecule has 3 nitrogen and oxygen atoms in total. The minimum absolute atomic E-state index is 0.712. The lowest BCUT2D eigenvalue weighted by molar-refractivity contribution is 0.0411. The predicted octanol–water partition coefficient (Wildman–Crippen LogP) is 2.80. The lowest BCUT2D eigenvalue weighted by Gasteiger charge is -2.27. The van der Waals surface area contributed by atoms with Crippen molar-refractivity contribution in [2.45, 2.75) is 44.8 Å². The maximum Gasteiger partial charge on any atom is 0.0506 e. The second kappa shape index (κ2) is 7.39. The first-order valence-electron chi connectivity index (χ1n) is 8.37. The first-order valence-corrected chi connectivity index (χ1v) is 8.37. The first-order chi connectivity index (χ1) is 10.3. The minimum Gasteiger partial charge on any atom is -0.381 e. The van der Waals surface area contributed by atoms with Gasteiger partial charge in [0.25, 0.3) is 0 Å². The van der Waals surface area contributed by atoms with Crippen molar-refractivity contribution in [3.8, 4) is 0 Å². The molecule has 3 heteroatoms. The maximum absolute atomic E-state index is 5.58. The Kier molecular flexibility index (Phi) is 5.28. The highest BCUT2D eigenvalue weighted by atomic mass is 16.5. The molecular weight excluding hydrogens is 260 g/mol. The van der Waals surface area contributed by atoms with Gasteiger partial charge in [0.15, 0.2) is 0 Å². The van der Waals surface area contributed by atoms with Gasteiger partial charge in [0.2, 0.25) is 0 Å². The minimum atomic E-state index is 0.712. The normalized spacial score (nSPS) is 22.7. The summed E-state index contributed by atoms with van der Waals surface area (Å²) < 4.78 is 5.58. The van der Waals surface area contributed by atoms with Gasteiger partial charge < -0.3 is 15.0 Å². The van der Waals surface area contributed by atoms with Crippen molar-refractivity contribution in [1.82, 2.24) is 10.2 Å². The Bertz CT molecular complexity index is 439. The fourth-order valence-corrected chi connectivity index (χ4v) is 3.16. The van der Waals surface area contributed by atoms with Crippen LogP contribution in [-0.4, -0.2) is 37.7 Å². The van der Waals surface area contributed by atoms with Crippen molar-refractivity contribution in [2.75, 3.05) is 26.8 Å². The molecule has 0 amide bonds.